The molecule has 0 saturated carbocycles. The molecule has 2 aromatic heterocycles. The van der Waals surface area contributed by atoms with Gasteiger partial charge in [0.2, 0.25) is 0 Å². The number of ether oxygens (including phenoxy) is 1. The SMILES string of the molecule is Cc1cc2c(N(C)CCOCCCl)ncnc2s1. The van der Waals surface area contributed by atoms with E-state index in [1.54, 1.807) is 17.7 Å². The number of halogens is 1. The van der Waals surface area contributed by atoms with Gasteiger partial charge in [0.25, 0.3) is 0 Å². The number of nitrogens with zero attached hydrogens (tertiary/aromatic N) is 3. The Morgan fingerprint density at radius 2 is 2.22 bits per heavy atom. The summed E-state index contributed by atoms with van der Waals surface area (Å²) in [5, 5.41) is 1.11. The number of fused-ring (bicyclic) bond motifs is 1. The predicted molar refractivity (Wildman–Crippen MR) is 77.0 cm³/mol. The van der Waals surface area contributed by atoms with Crippen molar-refractivity contribution < 1.29 is 4.74 Å². The van der Waals surface area contributed by atoms with Crippen molar-refractivity contribution in [1.29, 1.82) is 0 Å². The molecule has 0 saturated heterocycles. The van der Waals surface area contributed by atoms with Crippen LogP contribution < -0.4 is 4.90 Å². The molecule has 2 aromatic rings. The molecule has 0 unspecified atom stereocenters. The molecule has 2 rings (SSSR count). The molecule has 0 radical (unpaired) electrons. The van der Waals surface area contributed by atoms with Crippen molar-refractivity contribution in [2.24, 2.45) is 0 Å². The van der Waals surface area contributed by atoms with E-state index in [1.165, 1.54) is 4.88 Å². The topological polar surface area (TPSA) is 38.2 Å². The summed E-state index contributed by atoms with van der Waals surface area (Å²) in [6.45, 7) is 4.11. The van der Waals surface area contributed by atoms with E-state index in [1.807, 2.05) is 7.05 Å². The molecule has 0 atom stereocenters. The van der Waals surface area contributed by atoms with Gasteiger partial charge in [-0.3, -0.25) is 0 Å². The highest BCUT2D eigenvalue weighted by atomic mass is 35.5. The van der Waals surface area contributed by atoms with Gasteiger partial charge in [-0.05, 0) is 13.0 Å². The van der Waals surface area contributed by atoms with Gasteiger partial charge in [0.05, 0.1) is 18.6 Å². The van der Waals surface area contributed by atoms with Crippen molar-refractivity contribution in [3.05, 3.63) is 17.3 Å². The van der Waals surface area contributed by atoms with Gasteiger partial charge in [0.1, 0.15) is 17.0 Å². The maximum Gasteiger partial charge on any atom is 0.140 e. The minimum Gasteiger partial charge on any atom is -0.378 e. The number of aromatic nitrogens is 2. The summed E-state index contributed by atoms with van der Waals surface area (Å²) in [4.78, 5) is 13.0. The van der Waals surface area contributed by atoms with Crippen LogP contribution >= 0.6 is 22.9 Å². The van der Waals surface area contributed by atoms with Crippen LogP contribution in [0.1, 0.15) is 4.88 Å². The van der Waals surface area contributed by atoms with Crippen LogP contribution in [0, 0.1) is 6.92 Å². The van der Waals surface area contributed by atoms with Crippen LogP contribution in [-0.4, -0.2) is 42.7 Å². The lowest BCUT2D eigenvalue weighted by atomic mass is 10.3. The van der Waals surface area contributed by atoms with Crippen LogP contribution in [-0.2, 0) is 4.74 Å². The molecule has 0 N–H and O–H groups in total. The number of likely N-dealkylation sites (N-methyl/N-ethyl adjacent to an activating group) is 1. The minimum absolute atomic E-state index is 0.533. The van der Waals surface area contributed by atoms with Gasteiger partial charge in [0, 0.05) is 24.3 Å². The summed E-state index contributed by atoms with van der Waals surface area (Å²) in [6, 6.07) is 2.13. The molecule has 98 valence electrons. The first-order chi connectivity index (χ1) is 8.72. The number of aryl methyl sites for hydroxylation is 1. The molecule has 0 aromatic carbocycles. The number of hydrogen-bond donors (Lipinski definition) is 0. The summed E-state index contributed by atoms with van der Waals surface area (Å²) >= 11 is 7.25. The number of alkyl halides is 1. The minimum atomic E-state index is 0.533. The van der Waals surface area contributed by atoms with Crippen LogP contribution in [0.3, 0.4) is 0 Å². The van der Waals surface area contributed by atoms with Crippen molar-refractivity contribution in [2.45, 2.75) is 6.92 Å². The fourth-order valence-corrected chi connectivity index (χ4v) is 2.68. The second-order valence-electron chi connectivity index (χ2n) is 4.00. The number of hydrogen-bond acceptors (Lipinski definition) is 5. The van der Waals surface area contributed by atoms with E-state index in [9.17, 15) is 0 Å². The molecular formula is C12H16ClN3OS. The lowest BCUT2D eigenvalue weighted by Gasteiger charge is -2.18. The molecule has 0 aliphatic rings. The van der Waals surface area contributed by atoms with E-state index in [4.69, 9.17) is 16.3 Å². The highest BCUT2D eigenvalue weighted by Crippen LogP contribution is 2.28. The fraction of sp³-hybridized carbons (Fsp3) is 0.500. The standard InChI is InChI=1S/C12H16ClN3OS/c1-9-7-10-11(14-8-15-12(10)18-9)16(2)4-6-17-5-3-13/h7-8H,3-6H2,1-2H3. The maximum absolute atomic E-state index is 5.56. The molecule has 2 heterocycles. The van der Waals surface area contributed by atoms with Crippen molar-refractivity contribution in [3.8, 4) is 0 Å². The number of anilines is 1. The van der Waals surface area contributed by atoms with Crippen molar-refractivity contribution in [2.75, 3.05) is 37.6 Å². The maximum atomic E-state index is 5.56. The Hall–Kier alpha value is -0.910. The van der Waals surface area contributed by atoms with E-state index in [-0.39, 0.29) is 0 Å². The summed E-state index contributed by atoms with van der Waals surface area (Å²) in [5.41, 5.74) is 0. The molecule has 0 spiro atoms. The summed E-state index contributed by atoms with van der Waals surface area (Å²) in [7, 11) is 2.01. The van der Waals surface area contributed by atoms with Gasteiger partial charge in [0.15, 0.2) is 0 Å². The zero-order valence-electron chi connectivity index (χ0n) is 10.5. The lowest BCUT2D eigenvalue weighted by Crippen LogP contribution is -2.24. The Balaban J connectivity index is 2.09. The van der Waals surface area contributed by atoms with Crippen molar-refractivity contribution >= 4 is 39.0 Å². The molecule has 18 heavy (non-hydrogen) atoms. The zero-order valence-corrected chi connectivity index (χ0v) is 12.1. The molecule has 6 heteroatoms. The normalized spacial score (nSPS) is 11.1. The third kappa shape index (κ3) is 3.10. The second-order valence-corrected chi connectivity index (χ2v) is 5.61. The average molecular weight is 286 g/mol. The summed E-state index contributed by atoms with van der Waals surface area (Å²) in [5.74, 6) is 1.49. The quantitative estimate of drug-likeness (QED) is 0.604. The number of rotatable bonds is 6. The van der Waals surface area contributed by atoms with E-state index in [0.29, 0.717) is 19.1 Å². The van der Waals surface area contributed by atoms with E-state index >= 15 is 0 Å². The highest BCUT2D eigenvalue weighted by molar-refractivity contribution is 7.18. The van der Waals surface area contributed by atoms with Crippen LogP contribution in [0.15, 0.2) is 12.4 Å². The Morgan fingerprint density at radius 1 is 1.39 bits per heavy atom. The second kappa shape index (κ2) is 6.31. The third-order valence-electron chi connectivity index (χ3n) is 2.59. The molecule has 4 nitrogen and oxygen atoms in total. The first kappa shape index (κ1) is 13.5. The Labute approximate surface area is 116 Å². The predicted octanol–water partition coefficient (Wildman–Crippen LogP) is 2.69. The summed E-state index contributed by atoms with van der Waals surface area (Å²) < 4.78 is 5.38. The summed E-state index contributed by atoms with van der Waals surface area (Å²) in [6.07, 6.45) is 1.61. The van der Waals surface area contributed by atoms with Gasteiger partial charge >= 0.3 is 0 Å². The van der Waals surface area contributed by atoms with E-state index in [2.05, 4.69) is 27.9 Å². The van der Waals surface area contributed by atoms with Crippen molar-refractivity contribution in [3.63, 3.8) is 0 Å². The van der Waals surface area contributed by atoms with Gasteiger partial charge in [-0.25, -0.2) is 9.97 Å². The van der Waals surface area contributed by atoms with Crippen molar-refractivity contribution in [1.82, 2.24) is 9.97 Å². The Bertz CT molecular complexity index is 517. The monoisotopic (exact) mass is 285 g/mol. The van der Waals surface area contributed by atoms with Crippen LogP contribution in [0.5, 0.6) is 0 Å². The van der Waals surface area contributed by atoms with Gasteiger partial charge < -0.3 is 9.64 Å². The third-order valence-corrected chi connectivity index (χ3v) is 3.70. The van der Waals surface area contributed by atoms with Crippen LogP contribution in [0.4, 0.5) is 5.82 Å². The molecular weight excluding hydrogens is 270 g/mol. The van der Waals surface area contributed by atoms with Gasteiger partial charge in [-0.2, -0.15) is 0 Å². The molecule has 0 fully saturated rings. The average Bonchev–Trinajstić information content (AvgIpc) is 2.74. The smallest absolute Gasteiger partial charge is 0.140 e. The Morgan fingerprint density at radius 3 is 3.00 bits per heavy atom. The first-order valence-corrected chi connectivity index (χ1v) is 7.13. The molecule has 0 bridgehead atoms. The van der Waals surface area contributed by atoms with Crippen LogP contribution in [0.2, 0.25) is 0 Å². The molecule has 0 amide bonds. The van der Waals surface area contributed by atoms with Gasteiger partial charge in [-0.15, -0.1) is 22.9 Å². The molecule has 0 aliphatic carbocycles. The zero-order chi connectivity index (χ0) is 13.0. The van der Waals surface area contributed by atoms with Gasteiger partial charge in [-0.1, -0.05) is 0 Å². The number of thiophene rings is 1. The first-order valence-electron chi connectivity index (χ1n) is 5.78. The fourth-order valence-electron chi connectivity index (χ4n) is 1.73. The largest absolute Gasteiger partial charge is 0.378 e. The van der Waals surface area contributed by atoms with E-state index < -0.39 is 0 Å². The molecule has 0 aliphatic heterocycles. The van der Waals surface area contributed by atoms with E-state index in [0.717, 1.165) is 22.6 Å². The highest BCUT2D eigenvalue weighted by Gasteiger charge is 2.10. The van der Waals surface area contributed by atoms with Crippen LogP contribution in [0.25, 0.3) is 10.2 Å². The lowest BCUT2D eigenvalue weighted by molar-refractivity contribution is 0.156. The Kier molecular flexibility index (Phi) is 4.74.